The predicted octanol–water partition coefficient (Wildman–Crippen LogP) is 1.90. The van der Waals surface area contributed by atoms with Crippen molar-refractivity contribution >= 4 is 21.8 Å². The molecule has 2 aromatic heterocycles. The van der Waals surface area contributed by atoms with Crippen LogP contribution in [0.15, 0.2) is 42.7 Å². The lowest BCUT2D eigenvalue weighted by atomic mass is 10.2. The molecule has 0 saturated heterocycles. The normalized spacial score (nSPS) is 11.1. The minimum Gasteiger partial charge on any atom is -0.339 e. The van der Waals surface area contributed by atoms with Crippen molar-refractivity contribution in [2.45, 2.75) is 0 Å². The van der Waals surface area contributed by atoms with E-state index < -0.39 is 0 Å². The Bertz CT molecular complexity index is 557. The van der Waals surface area contributed by atoms with E-state index in [-0.39, 0.29) is 0 Å². The number of pyridine rings is 1. The summed E-state index contributed by atoms with van der Waals surface area (Å²) in [5.74, 6) is 5.95. The molecule has 3 nitrogen and oxygen atoms in total. The number of fused-ring (bicyclic) bond motifs is 3. The van der Waals surface area contributed by atoms with Gasteiger partial charge in [-0.25, -0.2) is 0 Å². The Hall–Kier alpha value is -2.03. The molecule has 68 valence electrons. The van der Waals surface area contributed by atoms with Gasteiger partial charge in [0.2, 0.25) is 0 Å². The molecule has 3 heteroatoms. The van der Waals surface area contributed by atoms with Crippen LogP contribution in [0, 0.1) is 0 Å². The number of rotatable bonds is 0. The Kier molecular flexibility index (Phi) is 1.31. The van der Waals surface area contributed by atoms with Crippen LogP contribution in [-0.2, 0) is 0 Å². The number of para-hydroxylation sites is 1. The molecular weight excluding hydrogens is 174 g/mol. The molecule has 0 bridgehead atoms. The summed E-state index contributed by atoms with van der Waals surface area (Å²) < 4.78 is 1.68. The van der Waals surface area contributed by atoms with Gasteiger partial charge in [-0.3, -0.25) is 9.66 Å². The number of hydrogen-bond donors (Lipinski definition) is 1. The van der Waals surface area contributed by atoms with Crippen molar-refractivity contribution in [3.05, 3.63) is 42.7 Å². The molecular formula is C11H9N3. The van der Waals surface area contributed by atoms with E-state index in [0.717, 1.165) is 16.4 Å². The number of nitrogens with zero attached hydrogens (tertiary/aromatic N) is 2. The van der Waals surface area contributed by atoms with Crippen LogP contribution in [0.2, 0.25) is 0 Å². The molecule has 3 rings (SSSR count). The summed E-state index contributed by atoms with van der Waals surface area (Å²) in [6.45, 7) is 0. The van der Waals surface area contributed by atoms with E-state index in [1.54, 1.807) is 17.1 Å². The first-order valence-electron chi connectivity index (χ1n) is 4.46. The summed E-state index contributed by atoms with van der Waals surface area (Å²) in [6, 6.07) is 10.1. The molecule has 0 unspecified atom stereocenters. The molecule has 0 fully saturated rings. The van der Waals surface area contributed by atoms with E-state index in [2.05, 4.69) is 11.1 Å². The molecule has 1 aromatic carbocycles. The van der Waals surface area contributed by atoms with Gasteiger partial charge in [0.1, 0.15) is 0 Å². The van der Waals surface area contributed by atoms with E-state index in [1.165, 1.54) is 5.39 Å². The summed E-state index contributed by atoms with van der Waals surface area (Å²) >= 11 is 0. The van der Waals surface area contributed by atoms with E-state index in [9.17, 15) is 0 Å². The fourth-order valence-electron chi connectivity index (χ4n) is 1.85. The number of aromatic nitrogens is 2. The van der Waals surface area contributed by atoms with Crippen LogP contribution >= 0.6 is 0 Å². The fourth-order valence-corrected chi connectivity index (χ4v) is 1.85. The Balaban J connectivity index is 2.69. The first-order valence-corrected chi connectivity index (χ1v) is 4.46. The maximum Gasteiger partial charge on any atom is 0.0886 e. The molecule has 2 heterocycles. The van der Waals surface area contributed by atoms with Gasteiger partial charge in [0.05, 0.1) is 17.2 Å². The lowest BCUT2D eigenvalue weighted by Gasteiger charge is -1.95. The minimum absolute atomic E-state index is 0.966. The zero-order chi connectivity index (χ0) is 9.54. The first-order chi connectivity index (χ1) is 6.88. The van der Waals surface area contributed by atoms with Crippen LogP contribution < -0.4 is 5.84 Å². The molecule has 0 saturated carbocycles. The predicted molar refractivity (Wildman–Crippen MR) is 57.4 cm³/mol. The number of benzene rings is 1. The van der Waals surface area contributed by atoms with Crippen molar-refractivity contribution in [3.63, 3.8) is 0 Å². The highest BCUT2D eigenvalue weighted by molar-refractivity contribution is 6.07. The summed E-state index contributed by atoms with van der Waals surface area (Å²) in [7, 11) is 0. The standard InChI is InChI=1S/C11H9N3/c12-14-10-4-2-1-3-8(10)9-5-6-13-7-11(9)14/h1-7H,12H2. The molecule has 2 N–H and O–H groups in total. The monoisotopic (exact) mass is 183 g/mol. The van der Waals surface area contributed by atoms with E-state index in [1.807, 2.05) is 24.3 Å². The van der Waals surface area contributed by atoms with Crippen LogP contribution in [0.4, 0.5) is 0 Å². The van der Waals surface area contributed by atoms with Crippen molar-refractivity contribution < 1.29 is 0 Å². The topological polar surface area (TPSA) is 43.8 Å². The summed E-state index contributed by atoms with van der Waals surface area (Å²) in [6.07, 6.45) is 3.57. The Morgan fingerprint density at radius 3 is 2.71 bits per heavy atom. The van der Waals surface area contributed by atoms with Crippen LogP contribution in [0.1, 0.15) is 0 Å². The highest BCUT2D eigenvalue weighted by Crippen LogP contribution is 2.25. The molecule has 0 aliphatic heterocycles. The van der Waals surface area contributed by atoms with Crippen molar-refractivity contribution in [1.29, 1.82) is 0 Å². The van der Waals surface area contributed by atoms with Crippen molar-refractivity contribution in [1.82, 2.24) is 9.66 Å². The van der Waals surface area contributed by atoms with Crippen LogP contribution in [-0.4, -0.2) is 9.66 Å². The zero-order valence-electron chi connectivity index (χ0n) is 7.51. The van der Waals surface area contributed by atoms with Crippen LogP contribution in [0.25, 0.3) is 21.8 Å². The number of hydrogen-bond acceptors (Lipinski definition) is 2. The van der Waals surface area contributed by atoms with Crippen molar-refractivity contribution in [2.24, 2.45) is 0 Å². The zero-order valence-corrected chi connectivity index (χ0v) is 7.51. The second-order valence-electron chi connectivity index (χ2n) is 3.28. The van der Waals surface area contributed by atoms with Crippen molar-refractivity contribution in [2.75, 3.05) is 5.84 Å². The molecule has 0 radical (unpaired) electrons. The van der Waals surface area contributed by atoms with Gasteiger partial charge in [-0.05, 0) is 12.1 Å². The highest BCUT2D eigenvalue weighted by Gasteiger charge is 2.06. The maximum absolute atomic E-state index is 5.95. The lowest BCUT2D eigenvalue weighted by Crippen LogP contribution is -2.06. The quantitative estimate of drug-likeness (QED) is 0.541. The second kappa shape index (κ2) is 2.48. The molecule has 0 atom stereocenters. The van der Waals surface area contributed by atoms with Gasteiger partial charge in [0.25, 0.3) is 0 Å². The molecule has 0 aliphatic rings. The van der Waals surface area contributed by atoms with E-state index in [4.69, 9.17) is 5.84 Å². The molecule has 14 heavy (non-hydrogen) atoms. The van der Waals surface area contributed by atoms with Crippen molar-refractivity contribution in [3.8, 4) is 0 Å². The van der Waals surface area contributed by atoms with Gasteiger partial charge in [0.15, 0.2) is 0 Å². The average molecular weight is 183 g/mol. The third kappa shape index (κ3) is 0.785. The lowest BCUT2D eigenvalue weighted by molar-refractivity contribution is 1.11. The van der Waals surface area contributed by atoms with E-state index in [0.29, 0.717) is 0 Å². The second-order valence-corrected chi connectivity index (χ2v) is 3.28. The SMILES string of the molecule is Nn1c2ccccc2c2ccncc21. The Morgan fingerprint density at radius 2 is 1.79 bits per heavy atom. The van der Waals surface area contributed by atoms with Gasteiger partial charge in [-0.2, -0.15) is 0 Å². The third-order valence-corrected chi connectivity index (χ3v) is 2.51. The highest BCUT2D eigenvalue weighted by atomic mass is 15.3. The van der Waals surface area contributed by atoms with E-state index >= 15 is 0 Å². The number of nitrogen functional groups attached to an aromatic ring is 1. The van der Waals surface area contributed by atoms with Gasteiger partial charge in [-0.1, -0.05) is 18.2 Å². The molecule has 0 spiro atoms. The number of nitrogens with two attached hydrogens (primary N) is 1. The van der Waals surface area contributed by atoms with Gasteiger partial charge in [0, 0.05) is 17.0 Å². The van der Waals surface area contributed by atoms with Gasteiger partial charge in [-0.15, -0.1) is 0 Å². The summed E-state index contributed by atoms with van der Waals surface area (Å²) in [5.41, 5.74) is 2.00. The molecule has 0 aliphatic carbocycles. The van der Waals surface area contributed by atoms with Gasteiger partial charge < -0.3 is 5.84 Å². The minimum atomic E-state index is 0.966. The maximum atomic E-state index is 5.95. The smallest absolute Gasteiger partial charge is 0.0886 e. The first kappa shape index (κ1) is 7.38. The molecule has 0 amide bonds. The Labute approximate surface area is 80.7 Å². The third-order valence-electron chi connectivity index (χ3n) is 2.51. The Morgan fingerprint density at radius 1 is 1.00 bits per heavy atom. The molecule has 3 aromatic rings. The van der Waals surface area contributed by atoms with Crippen LogP contribution in [0.3, 0.4) is 0 Å². The fraction of sp³-hybridized carbons (Fsp3) is 0. The summed E-state index contributed by atoms with van der Waals surface area (Å²) in [4.78, 5) is 4.07. The van der Waals surface area contributed by atoms with Gasteiger partial charge >= 0.3 is 0 Å². The largest absolute Gasteiger partial charge is 0.339 e. The average Bonchev–Trinajstić information content (AvgIpc) is 2.55. The summed E-state index contributed by atoms with van der Waals surface area (Å²) in [5, 5.41) is 2.32. The van der Waals surface area contributed by atoms with Crippen LogP contribution in [0.5, 0.6) is 0 Å².